The molecule has 0 saturated carbocycles. The number of fused-ring (bicyclic) bond motifs is 1. The molecule has 3 heterocycles. The Labute approximate surface area is 124 Å². The van der Waals surface area contributed by atoms with Gasteiger partial charge in [0.2, 0.25) is 0 Å². The molecule has 1 N–H and O–H groups in total. The Morgan fingerprint density at radius 2 is 2.14 bits per heavy atom. The summed E-state index contributed by atoms with van der Waals surface area (Å²) in [6, 6.07) is 7.61. The van der Waals surface area contributed by atoms with Crippen LogP contribution in [0.3, 0.4) is 0 Å². The summed E-state index contributed by atoms with van der Waals surface area (Å²) in [5.41, 5.74) is 1.48. The van der Waals surface area contributed by atoms with Crippen LogP contribution in [0.1, 0.15) is 25.5 Å². The van der Waals surface area contributed by atoms with Crippen LogP contribution in [-0.2, 0) is 6.54 Å². The second-order valence-electron chi connectivity index (χ2n) is 5.80. The second-order valence-corrected chi connectivity index (χ2v) is 5.80. The van der Waals surface area contributed by atoms with E-state index in [9.17, 15) is 4.79 Å². The normalized spacial score (nSPS) is 17.4. The van der Waals surface area contributed by atoms with Crippen molar-refractivity contribution in [3.05, 3.63) is 46.5 Å². The number of pyridine rings is 1. The van der Waals surface area contributed by atoms with Crippen LogP contribution < -0.4 is 10.9 Å². The van der Waals surface area contributed by atoms with Gasteiger partial charge < -0.3 is 10.2 Å². The van der Waals surface area contributed by atoms with Gasteiger partial charge in [0.05, 0.1) is 5.69 Å². The van der Waals surface area contributed by atoms with Gasteiger partial charge in [-0.15, -0.1) is 0 Å². The molecule has 2 aromatic rings. The summed E-state index contributed by atoms with van der Waals surface area (Å²) in [7, 11) is 0. The molecule has 1 fully saturated rings. The van der Waals surface area contributed by atoms with Crippen molar-refractivity contribution in [3.8, 4) is 0 Å². The van der Waals surface area contributed by atoms with Crippen molar-refractivity contribution in [1.29, 1.82) is 0 Å². The fourth-order valence-electron chi connectivity index (χ4n) is 2.89. The Kier molecular flexibility index (Phi) is 4.31. The largest absolute Gasteiger partial charge is 0.307 e. The van der Waals surface area contributed by atoms with Crippen LogP contribution >= 0.6 is 0 Å². The fraction of sp³-hybridized carbons (Fsp3) is 0.500. The molecule has 21 heavy (non-hydrogen) atoms. The average Bonchev–Trinajstić information content (AvgIpc) is 2.98. The van der Waals surface area contributed by atoms with Crippen molar-refractivity contribution < 1.29 is 0 Å². The van der Waals surface area contributed by atoms with E-state index in [1.807, 2.05) is 18.2 Å². The second kappa shape index (κ2) is 6.37. The summed E-state index contributed by atoms with van der Waals surface area (Å²) in [6.45, 7) is 6.30. The van der Waals surface area contributed by atoms with E-state index in [1.54, 1.807) is 16.7 Å². The molecule has 0 spiro atoms. The van der Waals surface area contributed by atoms with Crippen LogP contribution in [0.25, 0.3) is 5.65 Å². The maximum absolute atomic E-state index is 12.0. The van der Waals surface area contributed by atoms with Crippen LogP contribution in [0.4, 0.5) is 0 Å². The first-order valence-electron chi connectivity index (χ1n) is 7.65. The molecule has 0 bridgehead atoms. The van der Waals surface area contributed by atoms with Crippen molar-refractivity contribution in [2.75, 3.05) is 19.6 Å². The SMILES string of the molecule is CC(CN1CCCC1)NCc1cc(=O)n2ccccc2n1. The van der Waals surface area contributed by atoms with Crippen LogP contribution in [-0.4, -0.2) is 40.0 Å². The van der Waals surface area contributed by atoms with E-state index in [4.69, 9.17) is 0 Å². The highest BCUT2D eigenvalue weighted by molar-refractivity contribution is 5.37. The number of nitrogens with zero attached hydrogens (tertiary/aromatic N) is 3. The molecular weight excluding hydrogens is 264 g/mol. The Balaban J connectivity index is 1.63. The highest BCUT2D eigenvalue weighted by atomic mass is 16.1. The fourth-order valence-corrected chi connectivity index (χ4v) is 2.89. The summed E-state index contributed by atoms with van der Waals surface area (Å²) in [4.78, 5) is 19.0. The topological polar surface area (TPSA) is 49.6 Å². The van der Waals surface area contributed by atoms with Gasteiger partial charge in [-0.3, -0.25) is 9.20 Å². The van der Waals surface area contributed by atoms with Gasteiger partial charge in [-0.05, 0) is 45.0 Å². The first-order valence-corrected chi connectivity index (χ1v) is 7.65. The molecule has 0 amide bonds. The molecule has 1 aliphatic rings. The molecule has 112 valence electrons. The van der Waals surface area contributed by atoms with Crippen LogP contribution in [0.5, 0.6) is 0 Å². The molecule has 5 heteroatoms. The Bertz CT molecular complexity index is 661. The van der Waals surface area contributed by atoms with Gasteiger partial charge in [-0.2, -0.15) is 0 Å². The smallest absolute Gasteiger partial charge is 0.258 e. The maximum Gasteiger partial charge on any atom is 0.258 e. The van der Waals surface area contributed by atoms with Gasteiger partial charge in [0, 0.05) is 31.4 Å². The zero-order chi connectivity index (χ0) is 14.7. The lowest BCUT2D eigenvalue weighted by Crippen LogP contribution is -2.37. The average molecular weight is 286 g/mol. The predicted octanol–water partition coefficient (Wildman–Crippen LogP) is 1.27. The lowest BCUT2D eigenvalue weighted by atomic mass is 10.3. The number of rotatable bonds is 5. The quantitative estimate of drug-likeness (QED) is 0.899. The number of aromatic nitrogens is 2. The highest BCUT2D eigenvalue weighted by Crippen LogP contribution is 2.07. The van der Waals surface area contributed by atoms with Crippen molar-refractivity contribution >= 4 is 5.65 Å². The van der Waals surface area contributed by atoms with Crippen molar-refractivity contribution in [2.24, 2.45) is 0 Å². The summed E-state index contributed by atoms with van der Waals surface area (Å²) in [5.74, 6) is 0. The summed E-state index contributed by atoms with van der Waals surface area (Å²) < 4.78 is 1.57. The first kappa shape index (κ1) is 14.2. The van der Waals surface area contributed by atoms with Crippen LogP contribution in [0.15, 0.2) is 35.3 Å². The van der Waals surface area contributed by atoms with Gasteiger partial charge in [0.1, 0.15) is 5.65 Å². The summed E-state index contributed by atoms with van der Waals surface area (Å²) >= 11 is 0. The van der Waals surface area contributed by atoms with Gasteiger partial charge in [-0.25, -0.2) is 4.98 Å². The monoisotopic (exact) mass is 286 g/mol. The number of nitrogens with one attached hydrogen (secondary N) is 1. The molecule has 1 unspecified atom stereocenters. The van der Waals surface area contributed by atoms with E-state index in [0.717, 1.165) is 12.2 Å². The van der Waals surface area contributed by atoms with Gasteiger partial charge in [0.15, 0.2) is 0 Å². The minimum atomic E-state index is -0.0235. The minimum Gasteiger partial charge on any atom is -0.307 e. The molecule has 0 aromatic carbocycles. The Morgan fingerprint density at radius 1 is 1.33 bits per heavy atom. The Morgan fingerprint density at radius 3 is 2.95 bits per heavy atom. The van der Waals surface area contributed by atoms with E-state index in [0.29, 0.717) is 18.2 Å². The standard InChI is InChI=1S/C16H22N4O/c1-13(12-19-7-4-5-8-19)17-11-14-10-16(21)20-9-3-2-6-15(20)18-14/h2-3,6,9-10,13,17H,4-5,7-8,11-12H2,1H3. The molecular formula is C16H22N4O. The predicted molar refractivity (Wildman–Crippen MR) is 83.4 cm³/mol. The van der Waals surface area contributed by atoms with Crippen molar-refractivity contribution in [2.45, 2.75) is 32.4 Å². The molecule has 1 aliphatic heterocycles. The zero-order valence-electron chi connectivity index (χ0n) is 12.5. The van der Waals surface area contributed by atoms with E-state index in [1.165, 1.54) is 25.9 Å². The Hall–Kier alpha value is -1.72. The van der Waals surface area contributed by atoms with Crippen molar-refractivity contribution in [3.63, 3.8) is 0 Å². The molecule has 2 aromatic heterocycles. The van der Waals surface area contributed by atoms with E-state index in [2.05, 4.69) is 22.1 Å². The summed E-state index contributed by atoms with van der Waals surface area (Å²) in [6.07, 6.45) is 4.38. The molecule has 0 aliphatic carbocycles. The molecule has 3 rings (SSSR count). The summed E-state index contributed by atoms with van der Waals surface area (Å²) in [5, 5.41) is 3.47. The minimum absolute atomic E-state index is 0.0235. The van der Waals surface area contributed by atoms with Gasteiger partial charge >= 0.3 is 0 Å². The first-order chi connectivity index (χ1) is 10.2. The van der Waals surface area contributed by atoms with E-state index in [-0.39, 0.29) is 5.56 Å². The number of hydrogen-bond acceptors (Lipinski definition) is 4. The third-order valence-corrected chi connectivity index (χ3v) is 3.99. The van der Waals surface area contributed by atoms with Crippen LogP contribution in [0, 0.1) is 0 Å². The van der Waals surface area contributed by atoms with Gasteiger partial charge in [0.25, 0.3) is 5.56 Å². The molecule has 1 saturated heterocycles. The van der Waals surface area contributed by atoms with E-state index >= 15 is 0 Å². The third-order valence-electron chi connectivity index (χ3n) is 3.99. The highest BCUT2D eigenvalue weighted by Gasteiger charge is 2.14. The number of likely N-dealkylation sites (tertiary alicyclic amines) is 1. The lowest BCUT2D eigenvalue weighted by Gasteiger charge is -2.21. The van der Waals surface area contributed by atoms with E-state index < -0.39 is 0 Å². The van der Waals surface area contributed by atoms with Gasteiger partial charge in [-0.1, -0.05) is 6.07 Å². The molecule has 5 nitrogen and oxygen atoms in total. The number of hydrogen-bond donors (Lipinski definition) is 1. The third kappa shape index (κ3) is 3.49. The van der Waals surface area contributed by atoms with Crippen molar-refractivity contribution in [1.82, 2.24) is 19.6 Å². The lowest BCUT2D eigenvalue weighted by molar-refractivity contribution is 0.298. The zero-order valence-corrected chi connectivity index (χ0v) is 12.5. The molecule has 0 radical (unpaired) electrons. The van der Waals surface area contributed by atoms with Crippen LogP contribution in [0.2, 0.25) is 0 Å². The molecule has 1 atom stereocenters. The maximum atomic E-state index is 12.0.